The van der Waals surface area contributed by atoms with Crippen LogP contribution in [0, 0.1) is 0 Å². The Bertz CT molecular complexity index is 581. The molecule has 0 aromatic carbocycles. The average molecular weight is 407 g/mol. The van der Waals surface area contributed by atoms with Gasteiger partial charge in [-0.15, -0.1) is 0 Å². The predicted molar refractivity (Wildman–Crippen MR) is 122 cm³/mol. The summed E-state index contributed by atoms with van der Waals surface area (Å²) in [4.78, 5) is 12.3. The van der Waals surface area contributed by atoms with Gasteiger partial charge in [0.1, 0.15) is 8.07 Å². The maximum atomic E-state index is 12.3. The number of aryl methyl sites for hydroxylation is 1. The molecule has 4 heteroatoms. The number of hydrogen-bond acceptors (Lipinski definition) is 3. The lowest BCUT2D eigenvalue weighted by molar-refractivity contribution is -0.138. The second-order valence-corrected chi connectivity index (χ2v) is 13.8. The third-order valence-corrected chi connectivity index (χ3v) is 6.79. The molecule has 0 saturated carbocycles. The van der Waals surface area contributed by atoms with E-state index in [2.05, 4.69) is 38.7 Å². The lowest BCUT2D eigenvalue weighted by Gasteiger charge is -2.10. The highest BCUT2D eigenvalue weighted by atomic mass is 28.3. The van der Waals surface area contributed by atoms with Gasteiger partial charge >= 0.3 is 5.97 Å². The standard InChI is InChI=1S/C24H42O3Si/c1-6-8-9-10-11-12-13-14-17-22(24(25)26-7-2)18-15-16-21-19-23(27-20-21)28(3,4)5/h18-20H,6-17H2,1-5H3. The molecule has 0 N–H and O–H groups in total. The van der Waals surface area contributed by atoms with Crippen LogP contribution in [-0.4, -0.2) is 20.7 Å². The van der Waals surface area contributed by atoms with Crippen LogP contribution in [0.4, 0.5) is 0 Å². The molecule has 0 aliphatic rings. The van der Waals surface area contributed by atoms with Gasteiger partial charge in [-0.2, -0.15) is 0 Å². The van der Waals surface area contributed by atoms with Crippen LogP contribution in [0.2, 0.25) is 19.6 Å². The predicted octanol–water partition coefficient (Wildman–Crippen LogP) is 6.78. The molecule has 0 fully saturated rings. The fourth-order valence-electron chi connectivity index (χ4n) is 3.27. The number of esters is 1. The molecule has 0 radical (unpaired) electrons. The van der Waals surface area contributed by atoms with Crippen molar-refractivity contribution in [1.82, 2.24) is 0 Å². The summed E-state index contributed by atoms with van der Waals surface area (Å²) in [7, 11) is -1.39. The molecule has 1 rings (SSSR count). The van der Waals surface area contributed by atoms with Crippen LogP contribution in [0.5, 0.6) is 0 Å². The first kappa shape index (κ1) is 24.7. The van der Waals surface area contributed by atoms with Crippen LogP contribution in [0.3, 0.4) is 0 Å². The van der Waals surface area contributed by atoms with Crippen molar-refractivity contribution in [3.05, 3.63) is 29.5 Å². The first-order valence-corrected chi connectivity index (χ1v) is 14.8. The summed E-state index contributed by atoms with van der Waals surface area (Å²) >= 11 is 0. The molecule has 0 bridgehead atoms. The molecule has 1 aromatic rings. The molecular formula is C24H42O3Si. The minimum Gasteiger partial charge on any atom is -0.474 e. The quantitative estimate of drug-likeness (QED) is 0.139. The monoisotopic (exact) mass is 406 g/mol. The molecule has 0 spiro atoms. The molecule has 0 aliphatic carbocycles. The third kappa shape index (κ3) is 10.3. The number of hydrogen-bond donors (Lipinski definition) is 0. The highest BCUT2D eigenvalue weighted by molar-refractivity contribution is 6.87. The Balaban J connectivity index is 2.43. The van der Waals surface area contributed by atoms with Gasteiger partial charge in [-0.3, -0.25) is 0 Å². The Labute approximate surface area is 173 Å². The summed E-state index contributed by atoms with van der Waals surface area (Å²) in [6, 6.07) is 2.20. The topological polar surface area (TPSA) is 39.4 Å². The van der Waals surface area contributed by atoms with E-state index in [0.29, 0.717) is 6.61 Å². The van der Waals surface area contributed by atoms with Crippen molar-refractivity contribution in [2.75, 3.05) is 6.61 Å². The highest BCUT2D eigenvalue weighted by Crippen LogP contribution is 2.16. The molecule has 0 atom stereocenters. The van der Waals surface area contributed by atoms with E-state index in [9.17, 15) is 4.79 Å². The van der Waals surface area contributed by atoms with Gasteiger partial charge in [-0.25, -0.2) is 4.79 Å². The van der Waals surface area contributed by atoms with Crippen molar-refractivity contribution in [1.29, 1.82) is 0 Å². The van der Waals surface area contributed by atoms with E-state index >= 15 is 0 Å². The Hall–Kier alpha value is -1.29. The largest absolute Gasteiger partial charge is 0.474 e. The number of unbranched alkanes of at least 4 members (excludes halogenated alkanes) is 7. The van der Waals surface area contributed by atoms with Gasteiger partial charge in [-0.05, 0) is 44.2 Å². The van der Waals surface area contributed by atoms with Crippen molar-refractivity contribution in [2.45, 2.75) is 104 Å². The van der Waals surface area contributed by atoms with E-state index in [-0.39, 0.29) is 5.97 Å². The molecule has 0 amide bonds. The minimum absolute atomic E-state index is 0.138. The zero-order valence-corrected chi connectivity index (χ0v) is 19.9. The maximum absolute atomic E-state index is 12.3. The number of allylic oxidation sites excluding steroid dienone is 1. The summed E-state index contributed by atoms with van der Waals surface area (Å²) in [5, 5.41) is 1.15. The normalized spacial score (nSPS) is 12.4. The van der Waals surface area contributed by atoms with Crippen LogP contribution in [0.1, 0.15) is 83.6 Å². The average Bonchev–Trinajstić information content (AvgIpc) is 3.12. The first-order chi connectivity index (χ1) is 13.4. The summed E-state index contributed by atoms with van der Waals surface area (Å²) < 4.78 is 11.0. The van der Waals surface area contributed by atoms with Crippen LogP contribution < -0.4 is 5.38 Å². The number of furan rings is 1. The first-order valence-electron chi connectivity index (χ1n) is 11.3. The van der Waals surface area contributed by atoms with Gasteiger partial charge in [0.15, 0.2) is 0 Å². The SMILES string of the molecule is CCCCCCCCCCC(=CCCc1coc([Si](C)(C)C)c1)C(=O)OCC. The third-order valence-electron chi connectivity index (χ3n) is 5.05. The lowest BCUT2D eigenvalue weighted by atomic mass is 10.0. The van der Waals surface area contributed by atoms with Crippen LogP contribution in [0.25, 0.3) is 0 Å². The number of carbonyl (C=O) groups excluding carboxylic acids is 1. The van der Waals surface area contributed by atoms with E-state index < -0.39 is 8.07 Å². The second kappa shape index (κ2) is 13.8. The number of ether oxygens (including phenoxy) is 1. The maximum Gasteiger partial charge on any atom is 0.333 e. The Morgan fingerprint density at radius 1 is 1.04 bits per heavy atom. The van der Waals surface area contributed by atoms with Gasteiger partial charge in [0, 0.05) is 5.57 Å². The fourth-order valence-corrected chi connectivity index (χ4v) is 4.30. The van der Waals surface area contributed by atoms with Gasteiger partial charge in [-0.1, -0.05) is 77.6 Å². The number of carbonyl (C=O) groups is 1. The van der Waals surface area contributed by atoms with Crippen LogP contribution in [-0.2, 0) is 16.0 Å². The van der Waals surface area contributed by atoms with Gasteiger partial charge < -0.3 is 9.15 Å². The molecule has 3 nitrogen and oxygen atoms in total. The van der Waals surface area contributed by atoms with Crippen molar-refractivity contribution in [2.24, 2.45) is 0 Å². The Kier molecular flexibility index (Phi) is 12.2. The molecular weight excluding hydrogens is 364 g/mol. The number of rotatable bonds is 15. The second-order valence-electron chi connectivity index (χ2n) is 8.78. The van der Waals surface area contributed by atoms with Crippen molar-refractivity contribution in [3.8, 4) is 0 Å². The Morgan fingerprint density at radius 3 is 2.25 bits per heavy atom. The smallest absolute Gasteiger partial charge is 0.333 e. The Morgan fingerprint density at radius 2 is 1.68 bits per heavy atom. The summed E-state index contributed by atoms with van der Waals surface area (Å²) in [6.45, 7) is 11.4. The van der Waals surface area contributed by atoms with Gasteiger partial charge in [0.2, 0.25) is 0 Å². The lowest BCUT2D eigenvalue weighted by Crippen LogP contribution is -2.36. The molecule has 0 saturated heterocycles. The van der Waals surface area contributed by atoms with E-state index in [1.807, 2.05) is 13.2 Å². The zero-order chi connectivity index (χ0) is 20.8. The van der Waals surface area contributed by atoms with E-state index in [1.54, 1.807) is 0 Å². The van der Waals surface area contributed by atoms with E-state index in [4.69, 9.17) is 9.15 Å². The molecule has 1 aromatic heterocycles. The van der Waals surface area contributed by atoms with Crippen molar-refractivity contribution in [3.63, 3.8) is 0 Å². The molecule has 0 unspecified atom stereocenters. The van der Waals surface area contributed by atoms with E-state index in [0.717, 1.165) is 36.6 Å². The molecule has 1 heterocycles. The van der Waals surface area contributed by atoms with Gasteiger partial charge in [0.05, 0.1) is 18.3 Å². The van der Waals surface area contributed by atoms with Gasteiger partial charge in [0.25, 0.3) is 0 Å². The van der Waals surface area contributed by atoms with Crippen LogP contribution >= 0.6 is 0 Å². The summed E-state index contributed by atoms with van der Waals surface area (Å²) in [5.41, 5.74) is 2.07. The molecule has 160 valence electrons. The zero-order valence-electron chi connectivity index (χ0n) is 18.9. The van der Waals surface area contributed by atoms with Crippen LogP contribution in [0.15, 0.2) is 28.4 Å². The fraction of sp³-hybridized carbons (Fsp3) is 0.708. The van der Waals surface area contributed by atoms with Crippen molar-refractivity contribution < 1.29 is 13.9 Å². The van der Waals surface area contributed by atoms with E-state index in [1.165, 1.54) is 50.5 Å². The minimum atomic E-state index is -1.39. The van der Waals surface area contributed by atoms with Crippen molar-refractivity contribution >= 4 is 19.4 Å². The molecule has 0 aliphatic heterocycles. The summed E-state index contributed by atoms with van der Waals surface area (Å²) in [6.07, 6.45) is 16.8. The summed E-state index contributed by atoms with van der Waals surface area (Å²) in [5.74, 6) is -0.138. The highest BCUT2D eigenvalue weighted by Gasteiger charge is 2.20. The molecule has 28 heavy (non-hydrogen) atoms.